The van der Waals surface area contributed by atoms with E-state index in [9.17, 15) is 0 Å². The molecule has 0 unspecified atom stereocenters. The smallest absolute Gasteiger partial charge is 0 e. The maximum atomic E-state index is 0. The van der Waals surface area contributed by atoms with Crippen molar-refractivity contribution >= 4 is 0 Å². The minimum absolute atomic E-state index is 0. The summed E-state index contributed by atoms with van der Waals surface area (Å²) in [4.78, 5) is 0. The van der Waals surface area contributed by atoms with Gasteiger partial charge in [-0.2, -0.15) is 0 Å². The molecule has 2 radical (unpaired) electrons. The fraction of sp³-hybridized carbons (Fsp3) is 0. The summed E-state index contributed by atoms with van der Waals surface area (Å²) < 4.78 is 0. The summed E-state index contributed by atoms with van der Waals surface area (Å²) in [6.45, 7) is 0. The summed E-state index contributed by atoms with van der Waals surface area (Å²) in [5, 5.41) is 0. The van der Waals surface area contributed by atoms with Gasteiger partial charge in [-0.15, -0.1) is 0 Å². The van der Waals surface area contributed by atoms with Crippen molar-refractivity contribution in [2.75, 3.05) is 0 Å². The second-order valence-electron chi connectivity index (χ2n) is 0. The van der Waals surface area contributed by atoms with E-state index in [1.165, 1.54) is 0 Å². The van der Waals surface area contributed by atoms with Gasteiger partial charge in [0, 0.05) is 96.2 Å². The van der Waals surface area contributed by atoms with Crippen LogP contribution in [0.3, 0.4) is 0 Å². The molecule has 0 aromatic carbocycles. The molecule has 0 nitrogen and oxygen atoms in total. The van der Waals surface area contributed by atoms with Gasteiger partial charge in [-0.1, -0.05) is 0 Å². The van der Waals surface area contributed by atoms with E-state index >= 15 is 0 Å². The van der Waals surface area contributed by atoms with E-state index < -0.39 is 0 Å². The first-order valence-electron chi connectivity index (χ1n) is 0. The Kier molecular flexibility index (Phi) is 113. The SMILES string of the molecule is [Cr].[Cu].[La].[Zr]. The van der Waals surface area contributed by atoms with Crippen molar-refractivity contribution in [1.82, 2.24) is 0 Å². The van der Waals surface area contributed by atoms with Crippen molar-refractivity contribution in [2.24, 2.45) is 0 Å². The van der Waals surface area contributed by atoms with Crippen LogP contribution >= 0.6 is 0 Å². The Labute approximate surface area is 94.2 Å². The van der Waals surface area contributed by atoms with Crippen molar-refractivity contribution in [3.05, 3.63) is 0 Å². The largest absolute Gasteiger partial charge is 0 e. The maximum absolute atomic E-state index is 0. The van der Waals surface area contributed by atoms with Crippen LogP contribution in [0.5, 0.6) is 0 Å². The minimum atomic E-state index is 0. The molecular weight excluding hydrogens is 346 g/mol. The molecule has 0 aliphatic heterocycles. The summed E-state index contributed by atoms with van der Waals surface area (Å²) in [7, 11) is 0. The molecule has 0 saturated heterocycles. The van der Waals surface area contributed by atoms with Gasteiger partial charge in [0.15, 0.2) is 0 Å². The molecule has 0 fully saturated rings. The molecule has 0 bridgehead atoms. The molecule has 0 amide bonds. The zero-order valence-corrected chi connectivity index (χ0v) is 10.1. The third-order valence-electron chi connectivity index (χ3n) is 0. The monoisotopic (exact) mass is 344 g/mol. The molecule has 0 aromatic heterocycles. The van der Waals surface area contributed by atoms with Crippen molar-refractivity contribution in [3.63, 3.8) is 0 Å². The summed E-state index contributed by atoms with van der Waals surface area (Å²) in [6.07, 6.45) is 0. The average molecular weight is 346 g/mol. The molecule has 0 spiro atoms. The van der Waals surface area contributed by atoms with E-state index in [1.807, 2.05) is 0 Å². The van der Waals surface area contributed by atoms with E-state index in [0.717, 1.165) is 0 Å². The third kappa shape index (κ3) is 8.93. The quantitative estimate of drug-likeness (QED) is 0.542. The van der Waals surface area contributed by atoms with Gasteiger partial charge >= 0.3 is 0 Å². The first kappa shape index (κ1) is 27.3. The van der Waals surface area contributed by atoms with Crippen molar-refractivity contribution in [2.45, 2.75) is 0 Å². The van der Waals surface area contributed by atoms with Crippen LogP contribution in [0.15, 0.2) is 0 Å². The summed E-state index contributed by atoms with van der Waals surface area (Å²) in [5.41, 5.74) is 0. The Morgan fingerprint density at radius 2 is 1.00 bits per heavy atom. The van der Waals surface area contributed by atoms with Gasteiger partial charge in [-0.25, -0.2) is 0 Å². The first-order chi connectivity index (χ1) is 0. The van der Waals surface area contributed by atoms with Gasteiger partial charge in [-0.05, 0) is 0 Å². The Morgan fingerprint density at radius 1 is 1.00 bits per heavy atom. The van der Waals surface area contributed by atoms with E-state index in [-0.39, 0.29) is 96.2 Å². The molecule has 0 aliphatic rings. The van der Waals surface area contributed by atoms with Gasteiger partial charge in [0.1, 0.15) is 0 Å². The fourth-order valence-corrected chi connectivity index (χ4v) is 0. The van der Waals surface area contributed by atoms with E-state index in [4.69, 9.17) is 0 Å². The third-order valence-corrected chi connectivity index (χ3v) is 0. The molecule has 0 aromatic rings. The van der Waals surface area contributed by atoms with E-state index in [0.29, 0.717) is 0 Å². The molecule has 0 aliphatic carbocycles. The predicted molar refractivity (Wildman–Crippen MR) is 0 cm³/mol. The minimum Gasteiger partial charge on any atom is 0 e. The summed E-state index contributed by atoms with van der Waals surface area (Å²) in [5.74, 6) is 0. The maximum Gasteiger partial charge on any atom is 0 e. The van der Waals surface area contributed by atoms with Crippen LogP contribution in [-0.2, 0) is 60.6 Å². The zero-order valence-electron chi connectivity index (χ0n) is 1.79. The molecular formula is CrCuLaZr. The Balaban J connectivity index is 0. The second-order valence-corrected chi connectivity index (χ2v) is 0. The Morgan fingerprint density at radius 3 is 1.00 bits per heavy atom. The van der Waals surface area contributed by atoms with Crippen LogP contribution < -0.4 is 0 Å². The van der Waals surface area contributed by atoms with Crippen LogP contribution in [0.2, 0.25) is 0 Å². The normalized spacial score (nSPS) is 0. The first-order valence-corrected chi connectivity index (χ1v) is 0. The van der Waals surface area contributed by atoms with Crippen molar-refractivity contribution < 1.29 is 96.2 Å². The van der Waals surface area contributed by atoms with Crippen LogP contribution in [-0.4, -0.2) is 0 Å². The molecule has 4 heteroatoms. The zero-order chi connectivity index (χ0) is 0. The standard InChI is InChI=1S/Cr.Cu.La.Zr. The van der Waals surface area contributed by atoms with Crippen LogP contribution in [0.4, 0.5) is 0 Å². The van der Waals surface area contributed by atoms with Gasteiger partial charge in [-0.3, -0.25) is 0 Å². The summed E-state index contributed by atoms with van der Waals surface area (Å²) in [6, 6.07) is 0. The molecule has 24 valence electrons. The molecule has 0 heterocycles. The molecule has 4 heavy (non-hydrogen) atoms. The predicted octanol–water partition coefficient (Wildman–Crippen LogP) is -0.00750. The molecule has 0 atom stereocenters. The summed E-state index contributed by atoms with van der Waals surface area (Å²) >= 11 is 0. The average Bonchev–Trinajstić information content (AvgIpc) is 0. The van der Waals surface area contributed by atoms with Crippen LogP contribution in [0.1, 0.15) is 0 Å². The Hall–Kier alpha value is 3.13. The fourth-order valence-electron chi connectivity index (χ4n) is 0. The molecule has 0 saturated carbocycles. The van der Waals surface area contributed by atoms with Gasteiger partial charge in [0.2, 0.25) is 0 Å². The molecule has 0 N–H and O–H groups in total. The Bertz CT molecular complexity index is 8.00. The van der Waals surface area contributed by atoms with Crippen molar-refractivity contribution in [1.29, 1.82) is 0 Å². The van der Waals surface area contributed by atoms with E-state index in [1.54, 1.807) is 0 Å². The van der Waals surface area contributed by atoms with Crippen LogP contribution in [0, 0.1) is 35.6 Å². The molecule has 0 rings (SSSR count). The topological polar surface area (TPSA) is 0 Å². The van der Waals surface area contributed by atoms with Crippen molar-refractivity contribution in [3.8, 4) is 0 Å². The number of hydrogen-bond donors (Lipinski definition) is 0. The van der Waals surface area contributed by atoms with Gasteiger partial charge < -0.3 is 0 Å². The second kappa shape index (κ2) is 16.5. The van der Waals surface area contributed by atoms with Gasteiger partial charge in [0.05, 0.1) is 0 Å². The van der Waals surface area contributed by atoms with E-state index in [2.05, 4.69) is 0 Å². The van der Waals surface area contributed by atoms with Crippen LogP contribution in [0.25, 0.3) is 0 Å². The number of hydrogen-bond acceptors (Lipinski definition) is 0. The number of rotatable bonds is 0. The van der Waals surface area contributed by atoms with Gasteiger partial charge in [0.25, 0.3) is 0 Å².